The van der Waals surface area contributed by atoms with Crippen molar-refractivity contribution in [2.45, 2.75) is 6.42 Å². The van der Waals surface area contributed by atoms with E-state index in [2.05, 4.69) is 28.1 Å². The van der Waals surface area contributed by atoms with Crippen LogP contribution in [-0.2, 0) is 6.42 Å². The van der Waals surface area contributed by atoms with Gasteiger partial charge in [0.15, 0.2) is 0 Å². The van der Waals surface area contributed by atoms with Crippen molar-refractivity contribution in [2.24, 2.45) is 0 Å². The number of hydrogen-bond acceptors (Lipinski definition) is 2. The molecule has 0 amide bonds. The third kappa shape index (κ3) is 3.31. The molecule has 0 saturated carbocycles. The predicted octanol–water partition coefficient (Wildman–Crippen LogP) is 5.33. The van der Waals surface area contributed by atoms with E-state index < -0.39 is 0 Å². The van der Waals surface area contributed by atoms with Gasteiger partial charge >= 0.3 is 0 Å². The molecule has 0 bridgehead atoms. The van der Waals surface area contributed by atoms with Crippen molar-refractivity contribution in [2.75, 3.05) is 0 Å². The summed E-state index contributed by atoms with van der Waals surface area (Å²) >= 11 is 4.88. The van der Waals surface area contributed by atoms with E-state index in [1.54, 1.807) is 0 Å². The minimum absolute atomic E-state index is 0.0723. The number of carbonyl (C=O) groups is 1. The first-order valence-electron chi connectivity index (χ1n) is 6.64. The SMILES string of the molecule is O=C(c1ccc(Cc2ccccc2)cc1)c1sccc1Br. The van der Waals surface area contributed by atoms with Crippen LogP contribution >= 0.6 is 27.3 Å². The summed E-state index contributed by atoms with van der Waals surface area (Å²) in [6.07, 6.45) is 0.887. The number of thiophene rings is 1. The Morgan fingerprint density at radius 1 is 0.905 bits per heavy atom. The molecule has 3 heteroatoms. The molecule has 0 atom stereocenters. The van der Waals surface area contributed by atoms with Gasteiger partial charge in [0.25, 0.3) is 0 Å². The summed E-state index contributed by atoms with van der Waals surface area (Å²) in [5.41, 5.74) is 3.22. The van der Waals surface area contributed by atoms with Gasteiger partial charge in [-0.15, -0.1) is 11.3 Å². The Balaban J connectivity index is 1.78. The standard InChI is InChI=1S/C18H13BrOS/c19-16-10-11-21-18(16)17(20)15-8-6-14(7-9-15)12-13-4-2-1-3-5-13/h1-11H,12H2. The van der Waals surface area contributed by atoms with Gasteiger partial charge in [-0.3, -0.25) is 4.79 Å². The van der Waals surface area contributed by atoms with Crippen LogP contribution in [0.15, 0.2) is 70.5 Å². The van der Waals surface area contributed by atoms with Gasteiger partial charge in [0.2, 0.25) is 5.78 Å². The molecule has 0 aliphatic rings. The summed E-state index contributed by atoms with van der Waals surface area (Å²) in [6, 6.07) is 20.1. The molecular weight excluding hydrogens is 344 g/mol. The van der Waals surface area contributed by atoms with E-state index >= 15 is 0 Å². The summed E-state index contributed by atoms with van der Waals surface area (Å²) in [4.78, 5) is 13.1. The summed E-state index contributed by atoms with van der Waals surface area (Å²) < 4.78 is 0.867. The maximum Gasteiger partial charge on any atom is 0.204 e. The fourth-order valence-electron chi connectivity index (χ4n) is 2.19. The molecule has 3 aromatic rings. The minimum Gasteiger partial charge on any atom is -0.288 e. The highest BCUT2D eigenvalue weighted by Gasteiger charge is 2.13. The molecule has 0 saturated heterocycles. The summed E-state index contributed by atoms with van der Waals surface area (Å²) in [6.45, 7) is 0. The number of halogens is 1. The van der Waals surface area contributed by atoms with E-state index in [1.807, 2.05) is 53.9 Å². The maximum atomic E-state index is 12.4. The average Bonchev–Trinajstić information content (AvgIpc) is 2.94. The zero-order chi connectivity index (χ0) is 14.7. The minimum atomic E-state index is 0.0723. The van der Waals surface area contributed by atoms with Crippen molar-refractivity contribution >= 4 is 33.0 Å². The molecule has 104 valence electrons. The lowest BCUT2D eigenvalue weighted by Crippen LogP contribution is -1.99. The molecule has 0 fully saturated rings. The maximum absolute atomic E-state index is 12.4. The average molecular weight is 357 g/mol. The van der Waals surface area contributed by atoms with Crippen molar-refractivity contribution in [1.29, 1.82) is 0 Å². The predicted molar refractivity (Wildman–Crippen MR) is 91.1 cm³/mol. The van der Waals surface area contributed by atoms with Gasteiger partial charge in [0.1, 0.15) is 0 Å². The number of carbonyl (C=O) groups excluding carboxylic acids is 1. The van der Waals surface area contributed by atoms with Crippen LogP contribution < -0.4 is 0 Å². The van der Waals surface area contributed by atoms with Gasteiger partial charge in [-0.1, -0.05) is 54.6 Å². The number of ketones is 1. The lowest BCUT2D eigenvalue weighted by atomic mass is 10.0. The topological polar surface area (TPSA) is 17.1 Å². The first-order valence-corrected chi connectivity index (χ1v) is 8.32. The quantitative estimate of drug-likeness (QED) is 0.577. The van der Waals surface area contributed by atoms with Crippen LogP contribution in [0.1, 0.15) is 26.4 Å². The molecule has 21 heavy (non-hydrogen) atoms. The molecular formula is C18H13BrOS. The van der Waals surface area contributed by atoms with Crippen LogP contribution in [0.3, 0.4) is 0 Å². The Kier molecular flexibility index (Phi) is 4.32. The second-order valence-electron chi connectivity index (χ2n) is 4.79. The van der Waals surface area contributed by atoms with Crippen LogP contribution in [0.25, 0.3) is 0 Å². The zero-order valence-electron chi connectivity index (χ0n) is 11.3. The smallest absolute Gasteiger partial charge is 0.204 e. The Labute approximate surface area is 136 Å². The van der Waals surface area contributed by atoms with Gasteiger partial charge in [0, 0.05) is 10.0 Å². The van der Waals surface area contributed by atoms with E-state index in [1.165, 1.54) is 22.5 Å². The van der Waals surface area contributed by atoms with Crippen molar-refractivity contribution in [3.8, 4) is 0 Å². The number of rotatable bonds is 4. The van der Waals surface area contributed by atoms with Crippen molar-refractivity contribution < 1.29 is 4.79 Å². The summed E-state index contributed by atoms with van der Waals surface area (Å²) in [5.74, 6) is 0.0723. The van der Waals surface area contributed by atoms with Crippen LogP contribution in [-0.4, -0.2) is 5.78 Å². The van der Waals surface area contributed by atoms with Gasteiger partial charge in [-0.05, 0) is 44.9 Å². The molecule has 0 spiro atoms. The van der Waals surface area contributed by atoms with Crippen LogP contribution in [0.4, 0.5) is 0 Å². The molecule has 2 aromatic carbocycles. The lowest BCUT2D eigenvalue weighted by Gasteiger charge is -2.04. The number of benzene rings is 2. The zero-order valence-corrected chi connectivity index (χ0v) is 13.7. The van der Waals surface area contributed by atoms with Crippen molar-refractivity contribution in [3.05, 3.63) is 92.1 Å². The van der Waals surface area contributed by atoms with E-state index in [9.17, 15) is 4.79 Å². The number of hydrogen-bond donors (Lipinski definition) is 0. The fourth-order valence-corrected chi connectivity index (χ4v) is 3.71. The molecule has 0 N–H and O–H groups in total. The highest BCUT2D eigenvalue weighted by molar-refractivity contribution is 9.10. The molecule has 0 aliphatic heterocycles. The first-order chi connectivity index (χ1) is 10.2. The molecule has 3 rings (SSSR count). The molecule has 1 nitrogen and oxygen atoms in total. The summed E-state index contributed by atoms with van der Waals surface area (Å²) in [5, 5.41) is 1.92. The van der Waals surface area contributed by atoms with Crippen LogP contribution in [0, 0.1) is 0 Å². The van der Waals surface area contributed by atoms with Crippen molar-refractivity contribution in [3.63, 3.8) is 0 Å². The Morgan fingerprint density at radius 2 is 1.57 bits per heavy atom. The second-order valence-corrected chi connectivity index (χ2v) is 6.56. The highest BCUT2D eigenvalue weighted by Crippen LogP contribution is 2.25. The van der Waals surface area contributed by atoms with E-state index in [0.717, 1.165) is 21.3 Å². The third-order valence-corrected chi connectivity index (χ3v) is 5.13. The lowest BCUT2D eigenvalue weighted by molar-refractivity contribution is 0.104. The van der Waals surface area contributed by atoms with Crippen LogP contribution in [0.5, 0.6) is 0 Å². The Hall–Kier alpha value is -1.71. The molecule has 1 heterocycles. The van der Waals surface area contributed by atoms with Gasteiger partial charge in [-0.25, -0.2) is 0 Å². The highest BCUT2D eigenvalue weighted by atomic mass is 79.9. The van der Waals surface area contributed by atoms with E-state index in [-0.39, 0.29) is 5.78 Å². The molecule has 0 aliphatic carbocycles. The van der Waals surface area contributed by atoms with Gasteiger partial charge in [0.05, 0.1) is 4.88 Å². The van der Waals surface area contributed by atoms with E-state index in [4.69, 9.17) is 0 Å². The Morgan fingerprint density at radius 3 is 2.19 bits per heavy atom. The fraction of sp³-hybridized carbons (Fsp3) is 0.0556. The van der Waals surface area contributed by atoms with Crippen LogP contribution in [0.2, 0.25) is 0 Å². The van der Waals surface area contributed by atoms with Crippen molar-refractivity contribution in [1.82, 2.24) is 0 Å². The molecule has 0 unspecified atom stereocenters. The molecule has 0 radical (unpaired) electrons. The largest absolute Gasteiger partial charge is 0.288 e. The monoisotopic (exact) mass is 356 g/mol. The first kappa shape index (κ1) is 14.2. The second kappa shape index (κ2) is 6.37. The summed E-state index contributed by atoms with van der Waals surface area (Å²) in [7, 11) is 0. The van der Waals surface area contributed by atoms with Gasteiger partial charge in [-0.2, -0.15) is 0 Å². The van der Waals surface area contributed by atoms with E-state index in [0.29, 0.717) is 0 Å². The Bertz CT molecular complexity index is 744. The third-order valence-electron chi connectivity index (χ3n) is 3.29. The normalized spacial score (nSPS) is 10.5. The van der Waals surface area contributed by atoms with Gasteiger partial charge < -0.3 is 0 Å². The molecule has 1 aromatic heterocycles.